The molecule has 0 radical (unpaired) electrons. The van der Waals surface area contributed by atoms with Gasteiger partial charge in [0.1, 0.15) is 5.82 Å². The second kappa shape index (κ2) is 8.97. The number of amides is 1. The van der Waals surface area contributed by atoms with Crippen molar-refractivity contribution in [3.8, 4) is 0 Å². The molecule has 1 aliphatic carbocycles. The largest absolute Gasteiger partial charge is 0.417 e. The first-order valence-corrected chi connectivity index (χ1v) is 10.8. The number of fused-ring (bicyclic) bond motifs is 1. The number of benzene rings is 1. The lowest BCUT2D eigenvalue weighted by Crippen LogP contribution is -2.35. The van der Waals surface area contributed by atoms with E-state index in [4.69, 9.17) is 5.73 Å². The van der Waals surface area contributed by atoms with E-state index in [0.717, 1.165) is 29.6 Å². The Labute approximate surface area is 189 Å². The number of carbonyl (C=O) groups excluding carboxylic acids is 1. The minimum absolute atomic E-state index is 0.0701. The van der Waals surface area contributed by atoms with E-state index in [-0.39, 0.29) is 18.4 Å². The number of aryl methyl sites for hydroxylation is 1. The van der Waals surface area contributed by atoms with Gasteiger partial charge in [0, 0.05) is 23.7 Å². The molecule has 6 nitrogen and oxygen atoms in total. The third kappa shape index (κ3) is 5.24. The minimum atomic E-state index is -4.47. The number of rotatable bonds is 5. The average Bonchev–Trinajstić information content (AvgIpc) is 3.17. The number of alkyl halides is 3. The molecular formula is C24H25F3N4O2. The summed E-state index contributed by atoms with van der Waals surface area (Å²) in [7, 11) is 0. The number of anilines is 1. The first-order chi connectivity index (χ1) is 15.6. The maximum absolute atomic E-state index is 13.5. The van der Waals surface area contributed by atoms with Gasteiger partial charge in [0.25, 0.3) is 5.91 Å². The topological polar surface area (TPSA) is 92.3 Å². The first-order valence-electron chi connectivity index (χ1n) is 10.8. The average molecular weight is 458 g/mol. The Morgan fingerprint density at radius 1 is 1.21 bits per heavy atom. The summed E-state index contributed by atoms with van der Waals surface area (Å²) in [6.45, 7) is 2.29. The van der Waals surface area contributed by atoms with E-state index in [2.05, 4.69) is 9.97 Å². The second-order valence-corrected chi connectivity index (χ2v) is 8.65. The molecule has 4 rings (SSSR count). The molecule has 1 fully saturated rings. The number of hydrogen-bond donors (Lipinski definition) is 2. The van der Waals surface area contributed by atoms with E-state index in [1.165, 1.54) is 6.07 Å². The van der Waals surface area contributed by atoms with Gasteiger partial charge in [-0.3, -0.25) is 9.78 Å². The zero-order valence-electron chi connectivity index (χ0n) is 18.1. The second-order valence-electron chi connectivity index (χ2n) is 8.65. The SMILES string of the molecule is Cc1cc2cc(C(=O)N(Cc3ccc(C(F)(F)F)cn3)C[C@@H]3CC[C@@H](O)C3)ccc2nc1N. The fourth-order valence-corrected chi connectivity index (χ4v) is 4.24. The van der Waals surface area contributed by atoms with Gasteiger partial charge >= 0.3 is 6.18 Å². The van der Waals surface area contributed by atoms with E-state index in [1.807, 2.05) is 13.0 Å². The van der Waals surface area contributed by atoms with Crippen molar-refractivity contribution in [2.75, 3.05) is 12.3 Å². The van der Waals surface area contributed by atoms with Crippen LogP contribution in [0.5, 0.6) is 0 Å². The number of nitrogen functional groups attached to an aromatic ring is 1. The van der Waals surface area contributed by atoms with E-state index in [0.29, 0.717) is 42.0 Å². The number of aliphatic hydroxyl groups is 1. The molecule has 0 unspecified atom stereocenters. The monoisotopic (exact) mass is 458 g/mol. The summed E-state index contributed by atoms with van der Waals surface area (Å²) in [6.07, 6.45) is -2.03. The highest BCUT2D eigenvalue weighted by Crippen LogP contribution is 2.30. The molecule has 33 heavy (non-hydrogen) atoms. The van der Waals surface area contributed by atoms with Crippen LogP contribution in [0, 0.1) is 12.8 Å². The van der Waals surface area contributed by atoms with Crippen LogP contribution >= 0.6 is 0 Å². The lowest BCUT2D eigenvalue weighted by molar-refractivity contribution is -0.137. The van der Waals surface area contributed by atoms with Gasteiger partial charge in [0.2, 0.25) is 0 Å². The van der Waals surface area contributed by atoms with Gasteiger partial charge in [0.15, 0.2) is 0 Å². The van der Waals surface area contributed by atoms with Crippen LogP contribution in [-0.4, -0.2) is 38.5 Å². The number of carbonyl (C=O) groups is 1. The van der Waals surface area contributed by atoms with Gasteiger partial charge < -0.3 is 15.7 Å². The molecule has 1 aromatic carbocycles. The third-order valence-corrected chi connectivity index (χ3v) is 6.08. The Morgan fingerprint density at radius 2 is 2.00 bits per heavy atom. The number of aliphatic hydroxyl groups excluding tert-OH is 1. The van der Waals surface area contributed by atoms with Crippen molar-refractivity contribution in [2.45, 2.75) is 45.0 Å². The van der Waals surface area contributed by atoms with Crippen LogP contribution in [0.4, 0.5) is 19.0 Å². The van der Waals surface area contributed by atoms with Crippen LogP contribution in [0.3, 0.4) is 0 Å². The van der Waals surface area contributed by atoms with Crippen molar-refractivity contribution in [3.05, 3.63) is 65.0 Å². The van der Waals surface area contributed by atoms with Crippen LogP contribution < -0.4 is 5.73 Å². The zero-order chi connectivity index (χ0) is 23.8. The normalized spacial score (nSPS) is 18.6. The molecule has 0 aliphatic heterocycles. The molecule has 1 saturated carbocycles. The summed E-state index contributed by atoms with van der Waals surface area (Å²) >= 11 is 0. The Balaban J connectivity index is 1.61. The van der Waals surface area contributed by atoms with Gasteiger partial charge in [-0.25, -0.2) is 4.98 Å². The quantitative estimate of drug-likeness (QED) is 0.593. The minimum Gasteiger partial charge on any atom is -0.393 e. The van der Waals surface area contributed by atoms with E-state index < -0.39 is 17.8 Å². The van der Waals surface area contributed by atoms with Crippen molar-refractivity contribution >= 4 is 22.6 Å². The summed E-state index contributed by atoms with van der Waals surface area (Å²) in [4.78, 5) is 23.3. The Morgan fingerprint density at radius 3 is 2.64 bits per heavy atom. The summed E-state index contributed by atoms with van der Waals surface area (Å²) in [6, 6.07) is 9.27. The summed E-state index contributed by atoms with van der Waals surface area (Å²) in [5.74, 6) is 0.286. The molecule has 9 heteroatoms. The highest BCUT2D eigenvalue weighted by atomic mass is 19.4. The fraction of sp³-hybridized carbons (Fsp3) is 0.375. The number of aromatic nitrogens is 2. The maximum Gasteiger partial charge on any atom is 0.417 e. The molecule has 0 saturated heterocycles. The molecule has 2 aromatic heterocycles. The molecule has 2 atom stereocenters. The molecule has 0 bridgehead atoms. The van der Waals surface area contributed by atoms with E-state index >= 15 is 0 Å². The number of nitrogens with two attached hydrogens (primary N) is 1. The molecule has 0 spiro atoms. The van der Waals surface area contributed by atoms with E-state index in [1.54, 1.807) is 23.1 Å². The van der Waals surface area contributed by atoms with Crippen LogP contribution in [-0.2, 0) is 12.7 Å². The highest BCUT2D eigenvalue weighted by molar-refractivity contribution is 5.98. The predicted octanol–water partition coefficient (Wildman–Crippen LogP) is 4.34. The highest BCUT2D eigenvalue weighted by Gasteiger charge is 2.31. The van der Waals surface area contributed by atoms with Crippen molar-refractivity contribution in [3.63, 3.8) is 0 Å². The predicted molar refractivity (Wildman–Crippen MR) is 118 cm³/mol. The van der Waals surface area contributed by atoms with Gasteiger partial charge in [0.05, 0.1) is 29.4 Å². The molecule has 1 aliphatic rings. The standard InChI is InChI=1S/C24H25F3N4O2/c1-14-8-17-10-16(3-7-21(17)30-22(14)28)23(33)31(12-15-2-6-20(32)9-15)13-19-5-4-18(11-29-19)24(25,26)27/h3-5,7-8,10-11,15,20,32H,2,6,9,12-13H2,1H3,(H2,28,30)/t15-,20-/m1/s1. The first kappa shape index (κ1) is 23.0. The van der Waals surface area contributed by atoms with Gasteiger partial charge in [-0.2, -0.15) is 13.2 Å². The summed E-state index contributed by atoms with van der Waals surface area (Å²) < 4.78 is 38.6. The smallest absolute Gasteiger partial charge is 0.393 e. The van der Waals surface area contributed by atoms with Crippen molar-refractivity contribution < 1.29 is 23.1 Å². The van der Waals surface area contributed by atoms with Gasteiger partial charge in [-0.1, -0.05) is 0 Å². The summed E-state index contributed by atoms with van der Waals surface area (Å²) in [5.41, 5.74) is 7.32. The maximum atomic E-state index is 13.5. The molecule has 3 aromatic rings. The van der Waals surface area contributed by atoms with Crippen LogP contribution in [0.15, 0.2) is 42.6 Å². The van der Waals surface area contributed by atoms with E-state index in [9.17, 15) is 23.1 Å². The van der Waals surface area contributed by atoms with Crippen molar-refractivity contribution in [1.29, 1.82) is 0 Å². The Bertz CT molecular complexity index is 1160. The van der Waals surface area contributed by atoms with Crippen LogP contribution in [0.25, 0.3) is 10.9 Å². The molecule has 1 amide bonds. The Hall–Kier alpha value is -3.20. The summed E-state index contributed by atoms with van der Waals surface area (Å²) in [5, 5.41) is 10.7. The van der Waals surface area contributed by atoms with Gasteiger partial charge in [-0.15, -0.1) is 0 Å². The van der Waals surface area contributed by atoms with Crippen LogP contribution in [0.2, 0.25) is 0 Å². The zero-order valence-corrected chi connectivity index (χ0v) is 18.1. The number of nitrogens with zero attached hydrogens (tertiary/aromatic N) is 3. The lowest BCUT2D eigenvalue weighted by atomic mass is 10.0. The van der Waals surface area contributed by atoms with Crippen molar-refractivity contribution in [1.82, 2.24) is 14.9 Å². The van der Waals surface area contributed by atoms with Crippen LogP contribution in [0.1, 0.15) is 46.4 Å². The van der Waals surface area contributed by atoms with Crippen molar-refractivity contribution in [2.24, 2.45) is 5.92 Å². The number of hydrogen-bond acceptors (Lipinski definition) is 5. The molecule has 174 valence electrons. The molecular weight excluding hydrogens is 433 g/mol. The lowest BCUT2D eigenvalue weighted by Gasteiger charge is -2.26. The molecule has 2 heterocycles. The third-order valence-electron chi connectivity index (χ3n) is 6.08. The molecule has 3 N–H and O–H groups in total. The fourth-order valence-electron chi connectivity index (χ4n) is 4.24. The number of pyridine rings is 2. The Kier molecular flexibility index (Phi) is 6.25. The van der Waals surface area contributed by atoms with Gasteiger partial charge in [-0.05, 0) is 74.1 Å². The number of halogens is 3.